The van der Waals surface area contributed by atoms with Crippen LogP contribution in [0.2, 0.25) is 0 Å². The molecule has 0 radical (unpaired) electrons. The molecule has 0 aliphatic heterocycles. The van der Waals surface area contributed by atoms with Gasteiger partial charge < -0.3 is 4.79 Å². The Morgan fingerprint density at radius 1 is 1.20 bits per heavy atom. The SMILES string of the molecule is CCCCc1cccc(CCC=O)c1C. The maximum atomic E-state index is 10.3. The molecule has 0 saturated carbocycles. The Morgan fingerprint density at radius 2 is 1.87 bits per heavy atom. The van der Waals surface area contributed by atoms with Gasteiger partial charge in [-0.15, -0.1) is 0 Å². The predicted octanol–water partition coefficient (Wildman–Crippen LogP) is 3.47. The van der Waals surface area contributed by atoms with Crippen LogP contribution >= 0.6 is 0 Å². The summed E-state index contributed by atoms with van der Waals surface area (Å²) in [5.41, 5.74) is 4.16. The van der Waals surface area contributed by atoms with Gasteiger partial charge in [-0.25, -0.2) is 0 Å². The van der Waals surface area contributed by atoms with Gasteiger partial charge in [0.15, 0.2) is 0 Å². The summed E-state index contributed by atoms with van der Waals surface area (Å²) < 4.78 is 0. The van der Waals surface area contributed by atoms with Crippen LogP contribution in [0.15, 0.2) is 18.2 Å². The lowest BCUT2D eigenvalue weighted by Gasteiger charge is -2.09. The van der Waals surface area contributed by atoms with Gasteiger partial charge in [0, 0.05) is 6.42 Å². The molecule has 0 atom stereocenters. The van der Waals surface area contributed by atoms with Gasteiger partial charge in [0.25, 0.3) is 0 Å². The monoisotopic (exact) mass is 204 g/mol. The third-order valence-corrected chi connectivity index (χ3v) is 2.89. The smallest absolute Gasteiger partial charge is 0.120 e. The summed E-state index contributed by atoms with van der Waals surface area (Å²) in [6, 6.07) is 6.45. The average Bonchev–Trinajstić information content (AvgIpc) is 2.26. The molecular weight excluding hydrogens is 184 g/mol. The van der Waals surface area contributed by atoms with E-state index in [1.54, 1.807) is 0 Å². The molecule has 82 valence electrons. The van der Waals surface area contributed by atoms with Crippen molar-refractivity contribution in [1.82, 2.24) is 0 Å². The lowest BCUT2D eigenvalue weighted by molar-refractivity contribution is -0.107. The van der Waals surface area contributed by atoms with E-state index in [9.17, 15) is 4.79 Å². The molecule has 0 aliphatic carbocycles. The molecule has 15 heavy (non-hydrogen) atoms. The summed E-state index contributed by atoms with van der Waals surface area (Å²) in [4.78, 5) is 10.3. The fraction of sp³-hybridized carbons (Fsp3) is 0.500. The van der Waals surface area contributed by atoms with E-state index in [0.717, 1.165) is 19.1 Å². The van der Waals surface area contributed by atoms with Gasteiger partial charge in [-0.1, -0.05) is 31.5 Å². The van der Waals surface area contributed by atoms with Crippen molar-refractivity contribution in [1.29, 1.82) is 0 Å². The lowest BCUT2D eigenvalue weighted by Crippen LogP contribution is -1.96. The molecule has 0 saturated heterocycles. The van der Waals surface area contributed by atoms with Crippen LogP contribution in [0.4, 0.5) is 0 Å². The minimum Gasteiger partial charge on any atom is -0.303 e. The zero-order chi connectivity index (χ0) is 11.1. The van der Waals surface area contributed by atoms with E-state index in [-0.39, 0.29) is 0 Å². The van der Waals surface area contributed by atoms with Crippen LogP contribution in [0.25, 0.3) is 0 Å². The lowest BCUT2D eigenvalue weighted by atomic mass is 9.96. The highest BCUT2D eigenvalue weighted by Crippen LogP contribution is 2.17. The number of hydrogen-bond donors (Lipinski definition) is 0. The van der Waals surface area contributed by atoms with Crippen molar-refractivity contribution in [2.45, 2.75) is 46.0 Å². The summed E-state index contributed by atoms with van der Waals surface area (Å²) >= 11 is 0. The summed E-state index contributed by atoms with van der Waals surface area (Å²) in [5, 5.41) is 0. The fourth-order valence-corrected chi connectivity index (χ4v) is 1.86. The number of aryl methyl sites for hydroxylation is 2. The molecular formula is C14H20O. The Morgan fingerprint density at radius 3 is 2.47 bits per heavy atom. The van der Waals surface area contributed by atoms with Crippen LogP contribution in [0, 0.1) is 6.92 Å². The summed E-state index contributed by atoms with van der Waals surface area (Å²) in [7, 11) is 0. The number of carbonyl (C=O) groups excluding carboxylic acids is 1. The molecule has 0 aromatic heterocycles. The minimum absolute atomic E-state index is 0.637. The number of rotatable bonds is 6. The van der Waals surface area contributed by atoms with Crippen LogP contribution in [0.1, 0.15) is 42.9 Å². The Bertz CT molecular complexity index is 315. The number of benzene rings is 1. The van der Waals surface area contributed by atoms with E-state index < -0.39 is 0 Å². The summed E-state index contributed by atoms with van der Waals surface area (Å²) in [6.45, 7) is 4.39. The van der Waals surface area contributed by atoms with Gasteiger partial charge in [-0.05, 0) is 42.9 Å². The Hall–Kier alpha value is -1.11. The molecule has 0 amide bonds. The fourth-order valence-electron chi connectivity index (χ4n) is 1.86. The van der Waals surface area contributed by atoms with Crippen LogP contribution in [0.3, 0.4) is 0 Å². The molecule has 0 aliphatic rings. The molecule has 0 N–H and O–H groups in total. The number of hydrogen-bond acceptors (Lipinski definition) is 1. The van der Waals surface area contributed by atoms with Crippen LogP contribution in [-0.2, 0) is 17.6 Å². The van der Waals surface area contributed by atoms with Crippen LogP contribution < -0.4 is 0 Å². The molecule has 1 rings (SSSR count). The van der Waals surface area contributed by atoms with Gasteiger partial charge in [0.05, 0.1) is 0 Å². The average molecular weight is 204 g/mol. The molecule has 0 heterocycles. The third kappa shape index (κ3) is 3.50. The standard InChI is InChI=1S/C14H20O/c1-3-4-7-13-8-5-9-14(12(13)2)10-6-11-15/h5,8-9,11H,3-4,6-7,10H2,1-2H3. The molecule has 1 aromatic carbocycles. The van der Waals surface area contributed by atoms with Gasteiger partial charge >= 0.3 is 0 Å². The van der Waals surface area contributed by atoms with Gasteiger partial charge in [0.1, 0.15) is 6.29 Å². The van der Waals surface area contributed by atoms with Crippen molar-refractivity contribution in [2.75, 3.05) is 0 Å². The Labute approximate surface area is 92.5 Å². The van der Waals surface area contributed by atoms with E-state index >= 15 is 0 Å². The normalized spacial score (nSPS) is 10.3. The molecule has 1 aromatic rings. The number of carbonyl (C=O) groups is 1. The van der Waals surface area contributed by atoms with Gasteiger partial charge in [-0.2, -0.15) is 0 Å². The second-order valence-corrected chi connectivity index (χ2v) is 4.01. The van der Waals surface area contributed by atoms with Gasteiger partial charge in [0.2, 0.25) is 0 Å². The molecule has 1 heteroatoms. The van der Waals surface area contributed by atoms with Crippen molar-refractivity contribution >= 4 is 6.29 Å². The maximum Gasteiger partial charge on any atom is 0.120 e. The largest absolute Gasteiger partial charge is 0.303 e. The molecule has 0 spiro atoms. The van der Waals surface area contributed by atoms with Crippen molar-refractivity contribution in [3.05, 3.63) is 34.9 Å². The van der Waals surface area contributed by atoms with Crippen LogP contribution in [-0.4, -0.2) is 6.29 Å². The number of unbranched alkanes of at least 4 members (excludes halogenated alkanes) is 1. The maximum absolute atomic E-state index is 10.3. The molecule has 0 bridgehead atoms. The van der Waals surface area contributed by atoms with E-state index in [1.807, 2.05) is 0 Å². The molecule has 0 unspecified atom stereocenters. The van der Waals surface area contributed by atoms with Crippen LogP contribution in [0.5, 0.6) is 0 Å². The Balaban J connectivity index is 2.75. The van der Waals surface area contributed by atoms with Crippen molar-refractivity contribution < 1.29 is 4.79 Å². The van der Waals surface area contributed by atoms with Crippen molar-refractivity contribution in [3.63, 3.8) is 0 Å². The molecule has 0 fully saturated rings. The summed E-state index contributed by atoms with van der Waals surface area (Å²) in [5.74, 6) is 0. The second kappa shape index (κ2) is 6.39. The second-order valence-electron chi connectivity index (χ2n) is 4.01. The topological polar surface area (TPSA) is 17.1 Å². The quantitative estimate of drug-likeness (QED) is 0.648. The zero-order valence-corrected chi connectivity index (χ0v) is 9.75. The zero-order valence-electron chi connectivity index (χ0n) is 9.75. The predicted molar refractivity (Wildman–Crippen MR) is 64.2 cm³/mol. The van der Waals surface area contributed by atoms with Crippen molar-refractivity contribution in [3.8, 4) is 0 Å². The summed E-state index contributed by atoms with van der Waals surface area (Å²) in [6.07, 6.45) is 6.17. The first kappa shape index (κ1) is 12.0. The van der Waals surface area contributed by atoms with E-state index in [4.69, 9.17) is 0 Å². The first-order chi connectivity index (χ1) is 7.29. The first-order valence-corrected chi connectivity index (χ1v) is 5.80. The third-order valence-electron chi connectivity index (χ3n) is 2.89. The highest BCUT2D eigenvalue weighted by molar-refractivity contribution is 5.50. The minimum atomic E-state index is 0.637. The first-order valence-electron chi connectivity index (χ1n) is 5.80. The highest BCUT2D eigenvalue weighted by Gasteiger charge is 2.02. The van der Waals surface area contributed by atoms with Gasteiger partial charge in [-0.3, -0.25) is 0 Å². The van der Waals surface area contributed by atoms with E-state index in [2.05, 4.69) is 32.0 Å². The highest BCUT2D eigenvalue weighted by atomic mass is 16.1. The molecule has 1 nitrogen and oxygen atoms in total. The van der Waals surface area contributed by atoms with E-state index in [1.165, 1.54) is 29.5 Å². The van der Waals surface area contributed by atoms with E-state index in [0.29, 0.717) is 6.42 Å². The number of aldehydes is 1. The van der Waals surface area contributed by atoms with Crippen molar-refractivity contribution in [2.24, 2.45) is 0 Å². The Kier molecular flexibility index (Phi) is 5.09.